The Labute approximate surface area is 185 Å². The van der Waals surface area contributed by atoms with Crippen LogP contribution in [0, 0.1) is 5.82 Å². The Hall–Kier alpha value is -1.13. The van der Waals surface area contributed by atoms with Crippen LogP contribution in [0.5, 0.6) is 5.75 Å². The second-order valence-electron chi connectivity index (χ2n) is 7.04. The average molecular weight is 507 g/mol. The lowest BCUT2D eigenvalue weighted by molar-refractivity contribution is 0.107. The van der Waals surface area contributed by atoms with Gasteiger partial charge in [-0.15, -0.1) is 24.0 Å². The highest BCUT2D eigenvalue weighted by Gasteiger charge is 2.20. The molecule has 1 saturated heterocycles. The van der Waals surface area contributed by atoms with Gasteiger partial charge in [-0.2, -0.15) is 0 Å². The number of aliphatic imine (C=N–C) groups is 1. The summed E-state index contributed by atoms with van der Waals surface area (Å²) < 4.78 is 18.7. The first-order valence-electron chi connectivity index (χ1n) is 9.85. The number of rotatable bonds is 8. The topological polar surface area (TPSA) is 52.1 Å². The lowest BCUT2D eigenvalue weighted by Gasteiger charge is -2.37. The molecular formula is C20H35FIN5O. The number of nitrogens with zero attached hydrogens (tertiary/aromatic N) is 3. The zero-order valence-corrected chi connectivity index (χ0v) is 19.8. The van der Waals surface area contributed by atoms with E-state index in [9.17, 15) is 4.39 Å². The zero-order chi connectivity index (χ0) is 19.6. The van der Waals surface area contributed by atoms with Gasteiger partial charge in [-0.25, -0.2) is 4.39 Å². The van der Waals surface area contributed by atoms with Gasteiger partial charge in [-0.05, 0) is 44.7 Å². The summed E-state index contributed by atoms with van der Waals surface area (Å²) in [6, 6.07) is 6.53. The van der Waals surface area contributed by atoms with Gasteiger partial charge >= 0.3 is 0 Å². The molecule has 2 atom stereocenters. The molecule has 1 aromatic carbocycles. The first-order valence-corrected chi connectivity index (χ1v) is 9.85. The highest BCUT2D eigenvalue weighted by atomic mass is 127. The molecule has 2 N–H and O–H groups in total. The van der Waals surface area contributed by atoms with Crippen LogP contribution in [0.1, 0.15) is 20.8 Å². The van der Waals surface area contributed by atoms with Gasteiger partial charge in [-0.1, -0.05) is 6.92 Å². The quantitative estimate of drug-likeness (QED) is 0.322. The molecule has 160 valence electrons. The molecule has 1 heterocycles. The molecule has 28 heavy (non-hydrogen) atoms. The Kier molecular flexibility index (Phi) is 11.7. The van der Waals surface area contributed by atoms with Crippen molar-refractivity contribution in [3.05, 3.63) is 30.1 Å². The Morgan fingerprint density at radius 1 is 1.11 bits per heavy atom. The van der Waals surface area contributed by atoms with Crippen molar-refractivity contribution >= 4 is 29.9 Å². The Balaban J connectivity index is 0.00000392. The molecular weight excluding hydrogens is 472 g/mol. The number of hydrogen-bond acceptors (Lipinski definition) is 4. The van der Waals surface area contributed by atoms with E-state index in [1.54, 1.807) is 19.2 Å². The third-order valence-corrected chi connectivity index (χ3v) is 4.97. The molecule has 0 aromatic heterocycles. The number of guanidine groups is 1. The van der Waals surface area contributed by atoms with E-state index in [-0.39, 0.29) is 35.9 Å². The molecule has 6 nitrogen and oxygen atoms in total. The number of nitrogens with one attached hydrogen (secondary N) is 2. The molecule has 0 bridgehead atoms. The van der Waals surface area contributed by atoms with E-state index < -0.39 is 0 Å². The minimum absolute atomic E-state index is 0. The van der Waals surface area contributed by atoms with Crippen LogP contribution in [-0.4, -0.2) is 80.8 Å². The van der Waals surface area contributed by atoms with Crippen LogP contribution >= 0.6 is 24.0 Å². The molecule has 1 aliphatic heterocycles. The van der Waals surface area contributed by atoms with Crippen LogP contribution in [0.3, 0.4) is 0 Å². The monoisotopic (exact) mass is 507 g/mol. The minimum Gasteiger partial charge on any atom is -0.489 e. The van der Waals surface area contributed by atoms with Gasteiger partial charge in [0.25, 0.3) is 0 Å². The summed E-state index contributed by atoms with van der Waals surface area (Å²) >= 11 is 0. The van der Waals surface area contributed by atoms with Crippen molar-refractivity contribution in [2.24, 2.45) is 4.99 Å². The molecule has 2 rings (SSSR count). The number of benzene rings is 1. The summed E-state index contributed by atoms with van der Waals surface area (Å²) in [6.45, 7) is 13.6. The maximum atomic E-state index is 12.9. The number of hydrogen-bond donors (Lipinski definition) is 2. The van der Waals surface area contributed by atoms with Crippen molar-refractivity contribution < 1.29 is 9.13 Å². The average Bonchev–Trinajstić information content (AvgIpc) is 2.69. The molecule has 0 spiro atoms. The van der Waals surface area contributed by atoms with Crippen molar-refractivity contribution in [2.75, 3.05) is 52.9 Å². The van der Waals surface area contributed by atoms with Crippen LogP contribution in [0.25, 0.3) is 0 Å². The van der Waals surface area contributed by atoms with Crippen LogP contribution in [0.4, 0.5) is 4.39 Å². The van der Waals surface area contributed by atoms with Crippen molar-refractivity contribution in [3.8, 4) is 5.75 Å². The Bertz CT molecular complexity index is 578. The van der Waals surface area contributed by atoms with Crippen molar-refractivity contribution in [1.82, 2.24) is 20.4 Å². The summed E-state index contributed by atoms with van der Waals surface area (Å²) in [4.78, 5) is 9.29. The molecule has 1 aliphatic rings. The molecule has 1 fully saturated rings. The third kappa shape index (κ3) is 8.48. The van der Waals surface area contributed by atoms with Crippen LogP contribution in [0.15, 0.2) is 29.3 Å². The van der Waals surface area contributed by atoms with Gasteiger partial charge in [0.15, 0.2) is 5.96 Å². The second kappa shape index (κ2) is 13.2. The van der Waals surface area contributed by atoms with Crippen LogP contribution < -0.4 is 15.4 Å². The number of likely N-dealkylation sites (N-methyl/N-ethyl adjacent to an activating group) is 1. The fourth-order valence-corrected chi connectivity index (χ4v) is 3.14. The van der Waals surface area contributed by atoms with Gasteiger partial charge in [0.05, 0.1) is 6.54 Å². The number of halogens is 2. The fraction of sp³-hybridized carbons (Fsp3) is 0.650. The molecule has 2 unspecified atom stereocenters. The number of ether oxygens (including phenoxy) is 1. The summed E-state index contributed by atoms with van der Waals surface area (Å²) in [6.07, 6.45) is -0.0615. The summed E-state index contributed by atoms with van der Waals surface area (Å²) in [5.74, 6) is 1.17. The van der Waals surface area contributed by atoms with Gasteiger partial charge < -0.3 is 20.3 Å². The maximum Gasteiger partial charge on any atom is 0.191 e. The predicted octanol–water partition coefficient (Wildman–Crippen LogP) is 2.40. The molecule has 1 aromatic rings. The normalized spacial score (nSPS) is 18.1. The first-order chi connectivity index (χ1) is 13.0. The zero-order valence-electron chi connectivity index (χ0n) is 17.4. The summed E-state index contributed by atoms with van der Waals surface area (Å²) in [7, 11) is 1.77. The molecule has 0 radical (unpaired) electrons. The van der Waals surface area contributed by atoms with E-state index >= 15 is 0 Å². The largest absolute Gasteiger partial charge is 0.489 e. The Morgan fingerprint density at radius 2 is 1.71 bits per heavy atom. The minimum atomic E-state index is -0.261. The molecule has 0 aliphatic carbocycles. The molecule has 0 amide bonds. The van der Waals surface area contributed by atoms with Gasteiger partial charge in [-0.3, -0.25) is 9.89 Å². The van der Waals surface area contributed by atoms with Crippen LogP contribution in [-0.2, 0) is 0 Å². The van der Waals surface area contributed by atoms with Crippen molar-refractivity contribution in [1.29, 1.82) is 0 Å². The Morgan fingerprint density at radius 3 is 2.29 bits per heavy atom. The first kappa shape index (κ1) is 24.9. The second-order valence-corrected chi connectivity index (χ2v) is 7.04. The summed E-state index contributed by atoms with van der Waals surface area (Å²) in [5.41, 5.74) is 0. The number of piperazine rings is 1. The smallest absolute Gasteiger partial charge is 0.191 e. The van der Waals surface area contributed by atoms with E-state index in [0.29, 0.717) is 18.3 Å². The van der Waals surface area contributed by atoms with E-state index in [4.69, 9.17) is 4.74 Å². The SMILES string of the molecule is CCN1CCN(C(C)CNC(=NC)NCC(C)Oc2ccc(F)cc2)CC1.I. The van der Waals surface area contributed by atoms with Gasteiger partial charge in [0.1, 0.15) is 17.7 Å². The van der Waals surface area contributed by atoms with Crippen LogP contribution in [0.2, 0.25) is 0 Å². The highest BCUT2D eigenvalue weighted by Crippen LogP contribution is 2.12. The predicted molar refractivity (Wildman–Crippen MR) is 124 cm³/mol. The van der Waals surface area contributed by atoms with Crippen molar-refractivity contribution in [3.63, 3.8) is 0 Å². The van der Waals surface area contributed by atoms with Gasteiger partial charge in [0.2, 0.25) is 0 Å². The lowest BCUT2D eigenvalue weighted by atomic mass is 10.2. The molecule has 0 saturated carbocycles. The van der Waals surface area contributed by atoms with Gasteiger partial charge in [0, 0.05) is 45.8 Å². The lowest BCUT2D eigenvalue weighted by Crippen LogP contribution is -2.53. The standard InChI is InChI=1S/C20H34FN5O.HI/c1-5-25-10-12-26(13-11-25)16(2)14-23-20(22-4)24-15-17(3)27-19-8-6-18(21)7-9-19;/h6-9,16-17H,5,10-15H2,1-4H3,(H2,22,23,24);1H. The fourth-order valence-electron chi connectivity index (χ4n) is 3.14. The van der Waals surface area contributed by atoms with E-state index in [0.717, 1.165) is 45.2 Å². The van der Waals surface area contributed by atoms with E-state index in [1.807, 2.05) is 6.92 Å². The van der Waals surface area contributed by atoms with E-state index in [2.05, 4.69) is 39.3 Å². The third-order valence-electron chi connectivity index (χ3n) is 4.97. The molecule has 8 heteroatoms. The highest BCUT2D eigenvalue weighted by molar-refractivity contribution is 14.0. The summed E-state index contributed by atoms with van der Waals surface area (Å²) in [5, 5.41) is 6.69. The van der Waals surface area contributed by atoms with E-state index in [1.165, 1.54) is 12.1 Å². The maximum absolute atomic E-state index is 12.9. The van der Waals surface area contributed by atoms with Crippen molar-refractivity contribution in [2.45, 2.75) is 32.9 Å².